The number of fused-ring (bicyclic) bond motifs is 3. The van der Waals surface area contributed by atoms with E-state index in [0.29, 0.717) is 5.76 Å². The Morgan fingerprint density at radius 3 is 3.05 bits per heavy atom. The topological polar surface area (TPSA) is 51.0 Å². The lowest BCUT2D eigenvalue weighted by Crippen LogP contribution is -2.29. The molecule has 0 fully saturated rings. The van der Waals surface area contributed by atoms with Crippen molar-refractivity contribution in [1.29, 1.82) is 0 Å². The molecule has 100 valence electrons. The molecular formula is C15H14N3O2+. The van der Waals surface area contributed by atoms with Crippen LogP contribution in [0.25, 0.3) is 11.0 Å². The second-order valence-corrected chi connectivity index (χ2v) is 4.88. The summed E-state index contributed by atoms with van der Waals surface area (Å²) in [5.74, 6) is 1.37. The molecule has 5 nitrogen and oxygen atoms in total. The third kappa shape index (κ3) is 1.56. The highest BCUT2D eigenvalue weighted by molar-refractivity contribution is 5.94. The van der Waals surface area contributed by atoms with Crippen molar-refractivity contribution in [2.75, 3.05) is 11.9 Å². The fourth-order valence-electron chi connectivity index (χ4n) is 2.81. The Kier molecular flexibility index (Phi) is 2.39. The van der Waals surface area contributed by atoms with Gasteiger partial charge in [0.15, 0.2) is 5.76 Å². The smallest absolute Gasteiger partial charge is 0.359 e. The standard InChI is InChI=1S/C15H13N3O2/c19-13(14-6-3-9-20-14)10-18-12-5-2-1-4-11(12)17-8-7-16-15(17)18/h1-6,9H,7-8,10H2/p+1. The van der Waals surface area contributed by atoms with E-state index in [4.69, 9.17) is 4.42 Å². The number of anilines is 1. The number of hydrogen-bond acceptors (Lipinski definition) is 3. The molecule has 3 heterocycles. The van der Waals surface area contributed by atoms with Crippen LogP contribution in [0, 0.1) is 0 Å². The van der Waals surface area contributed by atoms with Gasteiger partial charge in [-0.05, 0) is 24.3 Å². The maximum Gasteiger partial charge on any atom is 0.359 e. The number of imidazole rings is 1. The first-order valence-corrected chi connectivity index (χ1v) is 6.66. The molecule has 0 bridgehead atoms. The quantitative estimate of drug-likeness (QED) is 0.582. The van der Waals surface area contributed by atoms with E-state index in [1.165, 1.54) is 6.26 Å². The lowest BCUT2D eigenvalue weighted by atomic mass is 10.2. The van der Waals surface area contributed by atoms with Gasteiger partial charge >= 0.3 is 5.95 Å². The van der Waals surface area contributed by atoms with Crippen LogP contribution in [-0.4, -0.2) is 16.9 Å². The number of aromatic nitrogens is 2. The Morgan fingerprint density at radius 1 is 1.30 bits per heavy atom. The van der Waals surface area contributed by atoms with E-state index in [2.05, 4.69) is 16.0 Å². The molecule has 1 aliphatic rings. The molecule has 0 atom stereocenters. The number of furan rings is 1. The van der Waals surface area contributed by atoms with Gasteiger partial charge in [0.1, 0.15) is 24.1 Å². The van der Waals surface area contributed by atoms with Gasteiger partial charge in [0, 0.05) is 0 Å². The Labute approximate surface area is 115 Å². The number of rotatable bonds is 3. The molecule has 0 amide bonds. The Balaban J connectivity index is 1.82. The van der Waals surface area contributed by atoms with Gasteiger partial charge < -0.3 is 4.42 Å². The zero-order valence-electron chi connectivity index (χ0n) is 10.9. The molecule has 5 heteroatoms. The van der Waals surface area contributed by atoms with E-state index in [0.717, 1.165) is 30.1 Å². The van der Waals surface area contributed by atoms with Crippen LogP contribution in [0.1, 0.15) is 10.6 Å². The number of ketones is 1. The van der Waals surface area contributed by atoms with Crippen molar-refractivity contribution >= 4 is 22.8 Å². The Hall–Kier alpha value is -2.56. The number of hydrogen-bond donors (Lipinski definition) is 1. The molecule has 0 radical (unpaired) electrons. The van der Waals surface area contributed by atoms with Crippen molar-refractivity contribution in [3.63, 3.8) is 0 Å². The average Bonchev–Trinajstić information content (AvgIpc) is 3.17. The maximum absolute atomic E-state index is 12.3. The summed E-state index contributed by atoms with van der Waals surface area (Å²) < 4.78 is 9.42. The zero-order chi connectivity index (χ0) is 13.5. The molecule has 3 aromatic rings. The molecular weight excluding hydrogens is 254 g/mol. The highest BCUT2D eigenvalue weighted by Crippen LogP contribution is 2.21. The van der Waals surface area contributed by atoms with E-state index < -0.39 is 0 Å². The van der Waals surface area contributed by atoms with Gasteiger partial charge in [0.2, 0.25) is 5.78 Å². The van der Waals surface area contributed by atoms with Gasteiger partial charge in [-0.3, -0.25) is 10.1 Å². The molecule has 1 N–H and O–H groups in total. The molecule has 0 spiro atoms. The van der Waals surface area contributed by atoms with Crippen molar-refractivity contribution in [2.45, 2.75) is 13.1 Å². The summed E-state index contributed by atoms with van der Waals surface area (Å²) in [5, 5.41) is 3.35. The summed E-state index contributed by atoms with van der Waals surface area (Å²) in [6.45, 7) is 2.11. The molecule has 1 aliphatic heterocycles. The SMILES string of the molecule is O=C(Cn1c2[n+](c3ccccc31)CCN2)c1ccco1. The van der Waals surface area contributed by atoms with Gasteiger partial charge in [-0.25, -0.2) is 9.13 Å². The summed E-state index contributed by atoms with van der Waals surface area (Å²) in [4.78, 5) is 12.3. The summed E-state index contributed by atoms with van der Waals surface area (Å²) in [5.41, 5.74) is 2.22. The number of Topliss-reactive ketones (excluding diaryl/α,β-unsaturated/α-hetero) is 1. The van der Waals surface area contributed by atoms with Gasteiger partial charge in [0.25, 0.3) is 0 Å². The number of carbonyl (C=O) groups excluding carboxylic acids is 1. The van der Waals surface area contributed by atoms with E-state index in [1.807, 2.05) is 22.8 Å². The van der Waals surface area contributed by atoms with Crippen LogP contribution in [0.2, 0.25) is 0 Å². The monoisotopic (exact) mass is 268 g/mol. The van der Waals surface area contributed by atoms with Crippen LogP contribution in [0.4, 0.5) is 5.95 Å². The van der Waals surface area contributed by atoms with Gasteiger partial charge in [-0.2, -0.15) is 0 Å². The lowest BCUT2D eigenvalue weighted by molar-refractivity contribution is -0.644. The van der Waals surface area contributed by atoms with Crippen molar-refractivity contribution in [3.8, 4) is 0 Å². The first-order chi connectivity index (χ1) is 9.84. The van der Waals surface area contributed by atoms with Gasteiger partial charge in [-0.15, -0.1) is 0 Å². The largest absolute Gasteiger partial charge is 0.461 e. The molecule has 0 saturated carbocycles. The number of carbonyl (C=O) groups is 1. The van der Waals surface area contributed by atoms with E-state index in [9.17, 15) is 4.79 Å². The van der Waals surface area contributed by atoms with Crippen molar-refractivity contribution < 1.29 is 13.8 Å². The second-order valence-electron chi connectivity index (χ2n) is 4.88. The minimum atomic E-state index is -0.0205. The first-order valence-electron chi connectivity index (χ1n) is 6.66. The summed E-state index contributed by atoms with van der Waals surface area (Å²) >= 11 is 0. The molecule has 1 aromatic carbocycles. The molecule has 2 aromatic heterocycles. The van der Waals surface area contributed by atoms with Crippen LogP contribution in [0.5, 0.6) is 0 Å². The lowest BCUT2D eigenvalue weighted by Gasteiger charge is -2.00. The third-order valence-corrected chi connectivity index (χ3v) is 3.69. The predicted octanol–water partition coefficient (Wildman–Crippen LogP) is 1.83. The minimum Gasteiger partial charge on any atom is -0.461 e. The van der Waals surface area contributed by atoms with E-state index >= 15 is 0 Å². The summed E-state index contributed by atoms with van der Waals surface area (Å²) in [6, 6.07) is 11.6. The van der Waals surface area contributed by atoms with Crippen molar-refractivity contribution in [1.82, 2.24) is 4.57 Å². The Morgan fingerprint density at radius 2 is 2.20 bits per heavy atom. The summed E-state index contributed by atoms with van der Waals surface area (Å²) in [7, 11) is 0. The van der Waals surface area contributed by atoms with E-state index in [-0.39, 0.29) is 12.3 Å². The van der Waals surface area contributed by atoms with E-state index in [1.54, 1.807) is 12.1 Å². The van der Waals surface area contributed by atoms with Gasteiger partial charge in [-0.1, -0.05) is 12.1 Å². The minimum absolute atomic E-state index is 0.0205. The third-order valence-electron chi connectivity index (χ3n) is 3.69. The molecule has 0 saturated heterocycles. The highest BCUT2D eigenvalue weighted by atomic mass is 16.3. The molecule has 20 heavy (non-hydrogen) atoms. The molecule has 4 rings (SSSR count). The normalized spacial score (nSPS) is 13.4. The average molecular weight is 268 g/mol. The fourth-order valence-corrected chi connectivity index (χ4v) is 2.81. The second kappa shape index (κ2) is 4.23. The van der Waals surface area contributed by atoms with Crippen LogP contribution >= 0.6 is 0 Å². The van der Waals surface area contributed by atoms with Crippen LogP contribution < -0.4 is 9.88 Å². The zero-order valence-corrected chi connectivity index (χ0v) is 10.9. The number of para-hydroxylation sites is 2. The fraction of sp³-hybridized carbons (Fsp3) is 0.200. The molecule has 0 aliphatic carbocycles. The summed E-state index contributed by atoms with van der Waals surface area (Å²) in [6.07, 6.45) is 1.53. The number of nitrogens with one attached hydrogen (secondary N) is 1. The number of benzene rings is 1. The molecule has 0 unspecified atom stereocenters. The van der Waals surface area contributed by atoms with Crippen molar-refractivity contribution in [3.05, 3.63) is 48.4 Å². The van der Waals surface area contributed by atoms with Crippen LogP contribution in [0.15, 0.2) is 47.1 Å². The van der Waals surface area contributed by atoms with Crippen LogP contribution in [-0.2, 0) is 13.1 Å². The maximum atomic E-state index is 12.3. The van der Waals surface area contributed by atoms with Gasteiger partial charge in [0.05, 0.1) is 12.8 Å². The Bertz CT molecular complexity index is 787. The predicted molar refractivity (Wildman–Crippen MR) is 73.7 cm³/mol. The van der Waals surface area contributed by atoms with Crippen molar-refractivity contribution in [2.24, 2.45) is 0 Å². The first kappa shape index (κ1) is 11.3. The highest BCUT2D eigenvalue weighted by Gasteiger charge is 2.29. The van der Waals surface area contributed by atoms with Crippen LogP contribution in [0.3, 0.4) is 0 Å². The number of nitrogens with zero attached hydrogens (tertiary/aromatic N) is 2.